The summed E-state index contributed by atoms with van der Waals surface area (Å²) in [5, 5.41) is 8.45. The highest BCUT2D eigenvalue weighted by Gasteiger charge is 2.54. The lowest BCUT2D eigenvalue weighted by molar-refractivity contribution is -0.158. The van der Waals surface area contributed by atoms with E-state index < -0.39 is 198 Å². The molecular formula is C75H107F5N12O13. The summed E-state index contributed by atoms with van der Waals surface area (Å²) in [6, 6.07) is -2.98. The average Bonchev–Trinajstić information content (AvgIpc) is 1.67. The van der Waals surface area contributed by atoms with Gasteiger partial charge in [0, 0.05) is 88.9 Å². The number of amides is 12. The molecule has 2 aromatic rings. The maximum atomic E-state index is 15.5. The van der Waals surface area contributed by atoms with E-state index in [4.69, 9.17) is 4.74 Å². The number of nitrogens with zero attached hydrogens (tertiary/aromatic N) is 9. The van der Waals surface area contributed by atoms with Crippen molar-refractivity contribution >= 4 is 70.9 Å². The molecular weight excluding hydrogens is 1370 g/mol. The Labute approximate surface area is 612 Å². The van der Waals surface area contributed by atoms with E-state index in [0.29, 0.717) is 56.2 Å². The molecule has 2 saturated carbocycles. The van der Waals surface area contributed by atoms with E-state index in [1.165, 1.54) is 80.9 Å². The molecule has 2 aliphatic carbocycles. The standard InChI is InChI=1S/C75H107F5N12O13/c1-15-46(6)63-71(102)86(10)43-61(95)87(11)54-25-18-17-21-34-91(70(54)101)58(38-47-28-26-45(5)27-29-47)69(100)85(9)42-59(93)81-53(31-30-48-36-51(76)62(52(77)37-48)75(78,79)80)67(98)92-41-50(105-16-2)39-56(92)66(97)83-74(32-22-33-74)73(104)90(14)64(49-23-19-20-24-49)72(103)89(13)57(68(99)84(7)8)40-60(94)88(12)55(35-44(3)4)65(96)82-63/h17-18,26-29,36-37,44,46,49-50,53-58,63-64H,15-16,19-25,30-35,38-43H2,1-14H3,(H,81,93)(H,82,96)(H,83,97)/b18-17-/t46-,50+,53-,54-,55-,56-,57-,58-,63-,64-/m0/s1. The summed E-state index contributed by atoms with van der Waals surface area (Å²) in [6.07, 6.45) is -1.10. The number of alkyl halides is 3. The van der Waals surface area contributed by atoms with Crippen LogP contribution in [0.2, 0.25) is 0 Å². The van der Waals surface area contributed by atoms with Crippen LogP contribution >= 0.6 is 0 Å². The number of hydrogen-bond acceptors (Lipinski definition) is 13. The zero-order valence-electron chi connectivity index (χ0n) is 63.1. The number of rotatable bonds is 13. The van der Waals surface area contributed by atoms with E-state index in [1.54, 1.807) is 57.2 Å². The zero-order chi connectivity index (χ0) is 77.9. The van der Waals surface area contributed by atoms with Crippen molar-refractivity contribution in [1.82, 2.24) is 60.0 Å². The first-order valence-corrected chi connectivity index (χ1v) is 36.5. The van der Waals surface area contributed by atoms with E-state index in [2.05, 4.69) is 16.0 Å². The van der Waals surface area contributed by atoms with Crippen molar-refractivity contribution in [2.24, 2.45) is 17.8 Å². The van der Waals surface area contributed by atoms with Crippen LogP contribution in [-0.4, -0.2) is 264 Å². The molecule has 12 amide bonds. The maximum Gasteiger partial charge on any atom is 0.422 e. The van der Waals surface area contributed by atoms with Gasteiger partial charge in [-0.05, 0) is 119 Å². The van der Waals surface area contributed by atoms with Gasteiger partial charge in [-0.15, -0.1) is 0 Å². The van der Waals surface area contributed by atoms with Crippen LogP contribution in [0.4, 0.5) is 22.0 Å². The van der Waals surface area contributed by atoms with Gasteiger partial charge in [-0.2, -0.15) is 13.2 Å². The first kappa shape index (κ1) is 83.7. The molecule has 2 aromatic carbocycles. The topological polar surface area (TPSA) is 279 Å². The molecule has 3 heterocycles. The smallest absolute Gasteiger partial charge is 0.377 e. The zero-order valence-corrected chi connectivity index (χ0v) is 63.1. The van der Waals surface area contributed by atoms with Crippen molar-refractivity contribution in [3.05, 3.63) is 82.4 Å². The molecule has 3 N–H and O–H groups in total. The van der Waals surface area contributed by atoms with Gasteiger partial charge >= 0.3 is 6.18 Å². The van der Waals surface area contributed by atoms with Crippen LogP contribution in [0.15, 0.2) is 48.6 Å². The molecule has 3 aliphatic heterocycles. The Morgan fingerprint density at radius 2 is 1.32 bits per heavy atom. The van der Waals surface area contributed by atoms with Gasteiger partial charge in [-0.25, -0.2) is 8.78 Å². The lowest BCUT2D eigenvalue weighted by atomic mass is 9.74. The highest BCUT2D eigenvalue weighted by Crippen LogP contribution is 2.39. The van der Waals surface area contributed by atoms with E-state index in [9.17, 15) is 41.9 Å². The van der Waals surface area contributed by atoms with Crippen molar-refractivity contribution < 1.29 is 84.2 Å². The summed E-state index contributed by atoms with van der Waals surface area (Å²) in [6.45, 7) is 9.11. The van der Waals surface area contributed by atoms with Gasteiger partial charge in [0.05, 0.1) is 25.6 Å². The van der Waals surface area contributed by atoms with Crippen LogP contribution < -0.4 is 16.0 Å². The highest BCUT2D eigenvalue weighted by molar-refractivity contribution is 6.01. The quantitative estimate of drug-likeness (QED) is 0.176. The van der Waals surface area contributed by atoms with Gasteiger partial charge in [0.25, 0.3) is 0 Å². The minimum Gasteiger partial charge on any atom is -0.377 e. The number of ether oxygens (including phenoxy) is 1. The first-order valence-electron chi connectivity index (χ1n) is 36.5. The fourth-order valence-corrected chi connectivity index (χ4v) is 14.9. The lowest BCUT2D eigenvalue weighted by Gasteiger charge is -2.46. The third-order valence-corrected chi connectivity index (χ3v) is 21.6. The molecule has 4 fully saturated rings. The molecule has 0 radical (unpaired) electrons. The summed E-state index contributed by atoms with van der Waals surface area (Å²) in [5.74, 6) is -14.1. The summed E-state index contributed by atoms with van der Waals surface area (Å²) in [4.78, 5) is 191. The van der Waals surface area contributed by atoms with Crippen molar-refractivity contribution in [2.75, 3.05) is 89.2 Å². The Kier molecular flexibility index (Phi) is 28.8. The SMILES string of the molecule is CCO[C@@H]1C[C@H]2C(=O)NC3(CCC3)C(=O)N(C)[C@@H](C3CCCC3)C(=O)N(C)[C@H](C(=O)N(C)C)CC(=O)N(C)[C@@H](CC(C)C)C(=O)N[C@@H]([C@@H](C)CC)C(=O)N(C)CC(=O)N(C)[C@H]3C/C=C\CCN(C3=O)[C@@H](Cc3ccc(C)cc3)C(=O)N(C)CC(=O)N[C@@H](CCc3cc(F)c(C(F)(F)F)c(F)c3)C(=O)N2C1. The Morgan fingerprint density at radius 3 is 1.90 bits per heavy atom. The molecule has 2 bridgehead atoms. The fraction of sp³-hybridized carbons (Fsp3) is 0.653. The molecule has 2 saturated heterocycles. The number of aryl methyl sites for hydroxylation is 2. The summed E-state index contributed by atoms with van der Waals surface area (Å²) in [7, 11) is 11.1. The fourth-order valence-electron chi connectivity index (χ4n) is 14.9. The van der Waals surface area contributed by atoms with Crippen LogP contribution in [0.1, 0.15) is 147 Å². The second-order valence-corrected chi connectivity index (χ2v) is 29.8. The second kappa shape index (κ2) is 36.1. The molecule has 580 valence electrons. The van der Waals surface area contributed by atoms with Gasteiger partial charge in [-0.1, -0.05) is 88.9 Å². The van der Waals surface area contributed by atoms with Crippen LogP contribution in [0, 0.1) is 36.3 Å². The molecule has 0 unspecified atom stereocenters. The first-order chi connectivity index (χ1) is 49.4. The number of halogens is 5. The Bertz CT molecular complexity index is 3530. The van der Waals surface area contributed by atoms with Gasteiger partial charge in [0.2, 0.25) is 70.9 Å². The maximum absolute atomic E-state index is 15.5. The number of fused-ring (bicyclic) bond motifs is 3. The van der Waals surface area contributed by atoms with Crippen LogP contribution in [-0.2, 0) is 81.3 Å². The van der Waals surface area contributed by atoms with E-state index in [-0.39, 0.29) is 76.1 Å². The second-order valence-electron chi connectivity index (χ2n) is 29.8. The van der Waals surface area contributed by atoms with Gasteiger partial charge in [0.15, 0.2) is 0 Å². The van der Waals surface area contributed by atoms with Crippen molar-refractivity contribution in [1.29, 1.82) is 0 Å². The van der Waals surface area contributed by atoms with E-state index in [0.717, 1.165) is 25.2 Å². The predicted octanol–water partition coefficient (Wildman–Crippen LogP) is 5.03. The molecule has 5 aliphatic rings. The molecule has 0 aromatic heterocycles. The van der Waals surface area contributed by atoms with Crippen molar-refractivity contribution in [3.8, 4) is 0 Å². The molecule has 7 rings (SSSR count). The molecule has 105 heavy (non-hydrogen) atoms. The van der Waals surface area contributed by atoms with E-state index >= 15 is 37.5 Å². The van der Waals surface area contributed by atoms with Gasteiger partial charge in [0.1, 0.15) is 71.1 Å². The molecule has 10 atom stereocenters. The summed E-state index contributed by atoms with van der Waals surface area (Å²) >= 11 is 0. The summed E-state index contributed by atoms with van der Waals surface area (Å²) in [5.41, 5.74) is -2.67. The summed E-state index contributed by atoms with van der Waals surface area (Å²) < 4.78 is 77.9. The third-order valence-electron chi connectivity index (χ3n) is 21.6. The largest absolute Gasteiger partial charge is 0.422 e. The molecule has 30 heteroatoms. The minimum atomic E-state index is -5.42. The number of benzene rings is 2. The number of nitrogens with one attached hydrogen (secondary N) is 3. The number of carbonyl (C=O) groups excluding carboxylic acids is 12. The van der Waals surface area contributed by atoms with Crippen LogP contribution in [0.3, 0.4) is 0 Å². The Hall–Kier alpha value is -8.57. The minimum absolute atomic E-state index is 0.0338. The van der Waals surface area contributed by atoms with Crippen molar-refractivity contribution in [3.63, 3.8) is 0 Å². The number of likely N-dealkylation sites (N-methyl/N-ethyl adjacent to an activating group) is 7. The van der Waals surface area contributed by atoms with Gasteiger partial charge < -0.3 is 64.8 Å². The Balaban J connectivity index is 1.34. The van der Waals surface area contributed by atoms with Gasteiger partial charge in [-0.3, -0.25) is 57.5 Å². The normalized spacial score (nSPS) is 26.3. The van der Waals surface area contributed by atoms with Crippen LogP contribution in [0.25, 0.3) is 0 Å². The third kappa shape index (κ3) is 20.1. The van der Waals surface area contributed by atoms with E-state index in [1.807, 2.05) is 20.8 Å². The number of carbonyl (C=O) groups is 12. The highest BCUT2D eigenvalue weighted by atomic mass is 19.4. The molecule has 25 nitrogen and oxygen atoms in total. The number of hydrogen-bond donors (Lipinski definition) is 3. The average molecular weight is 1480 g/mol. The molecule has 1 spiro atoms. The van der Waals surface area contributed by atoms with Crippen LogP contribution in [0.5, 0.6) is 0 Å². The van der Waals surface area contributed by atoms with Crippen molar-refractivity contribution in [2.45, 2.75) is 210 Å². The monoisotopic (exact) mass is 1480 g/mol. The lowest BCUT2D eigenvalue weighted by Crippen LogP contribution is -2.68. The Morgan fingerprint density at radius 1 is 0.695 bits per heavy atom. The predicted molar refractivity (Wildman–Crippen MR) is 378 cm³/mol.